The summed E-state index contributed by atoms with van der Waals surface area (Å²) < 4.78 is 5.25. The molecule has 40 heavy (non-hydrogen) atoms. The number of phenolic OH excluding ortho intramolecular Hbond substituents is 2. The lowest BCUT2D eigenvalue weighted by Gasteiger charge is -2.32. The van der Waals surface area contributed by atoms with Crippen molar-refractivity contribution in [2.45, 2.75) is 124 Å². The summed E-state index contributed by atoms with van der Waals surface area (Å²) >= 11 is 0. The van der Waals surface area contributed by atoms with Crippen LogP contribution in [0.3, 0.4) is 0 Å². The van der Waals surface area contributed by atoms with E-state index in [1.54, 1.807) is 31.2 Å². The summed E-state index contributed by atoms with van der Waals surface area (Å²) in [7, 11) is 0. The number of phenols is 2. The van der Waals surface area contributed by atoms with Gasteiger partial charge < -0.3 is 14.9 Å². The smallest absolute Gasteiger partial charge is 0.382 e. The van der Waals surface area contributed by atoms with Gasteiger partial charge in [-0.3, -0.25) is 10.1 Å². The molecule has 0 saturated heterocycles. The average Bonchev–Trinajstić information content (AvgIpc) is 2.74. The number of aromatic hydroxyl groups is 2. The first-order valence-electron chi connectivity index (χ1n) is 14.0. The third kappa shape index (κ3) is 6.97. The third-order valence-electron chi connectivity index (χ3n) is 7.29. The summed E-state index contributed by atoms with van der Waals surface area (Å²) in [6, 6.07) is 5.39. The van der Waals surface area contributed by atoms with Crippen LogP contribution in [0.5, 0.6) is 11.5 Å². The Morgan fingerprint density at radius 3 is 1.20 bits per heavy atom. The van der Waals surface area contributed by atoms with Gasteiger partial charge in [0, 0.05) is 4.92 Å². The highest BCUT2D eigenvalue weighted by atomic mass is 16.6. The fourth-order valence-corrected chi connectivity index (χ4v) is 5.09. The molecule has 0 heterocycles. The van der Waals surface area contributed by atoms with Crippen molar-refractivity contribution in [3.63, 3.8) is 0 Å². The Morgan fingerprint density at radius 1 is 0.725 bits per heavy atom. The molecule has 0 fully saturated rings. The normalized spacial score (nSPS) is 13.8. The van der Waals surface area contributed by atoms with Gasteiger partial charge in [0.2, 0.25) is 0 Å². The molecule has 0 unspecified atom stereocenters. The van der Waals surface area contributed by atoms with Crippen LogP contribution in [0.15, 0.2) is 24.3 Å². The second-order valence-electron chi connectivity index (χ2n) is 14.9. The minimum absolute atomic E-state index is 0.00200. The number of benzene rings is 2. The van der Waals surface area contributed by atoms with Gasteiger partial charge in [-0.1, -0.05) is 107 Å². The molecule has 0 spiro atoms. The maximum atomic E-state index is 13.3. The Morgan fingerprint density at radius 2 is 1.00 bits per heavy atom. The first-order chi connectivity index (χ1) is 17.9. The summed E-state index contributed by atoms with van der Waals surface area (Å²) in [5.41, 5.74) is 1.67. The van der Waals surface area contributed by atoms with Crippen LogP contribution in [0.1, 0.15) is 129 Å². The minimum atomic E-state index is -1.74. The van der Waals surface area contributed by atoms with Crippen molar-refractivity contribution in [1.29, 1.82) is 0 Å². The van der Waals surface area contributed by atoms with Gasteiger partial charge in [0.1, 0.15) is 11.5 Å². The highest BCUT2D eigenvalue weighted by Crippen LogP contribution is 2.46. The quantitative estimate of drug-likeness (QED) is 0.215. The predicted octanol–water partition coefficient (Wildman–Crippen LogP) is 7.63. The number of carbonyl (C=O) groups is 1. The maximum absolute atomic E-state index is 13.3. The van der Waals surface area contributed by atoms with E-state index >= 15 is 0 Å². The standard InChI is InChI=1S/C33H49NO6/c1-14-40-29(37)26(34(38)39)25(19-15-21(30(2,3)4)27(35)22(16-19)31(5,6)7)20-17-23(32(8,9)10)28(36)24(18-20)33(11,12)13/h15-18,25-26,35-36H,14H2,1-13H3/t26-/m1/s1. The first kappa shape index (κ1) is 33.1. The fraction of sp³-hybridized carbons (Fsp3) is 0.606. The average molecular weight is 556 g/mol. The SMILES string of the molecule is CCOC(=O)[C@@H](C(c1cc(C(C)(C)C)c(O)c(C(C)(C)C)c1)c1cc(C(C)(C)C)c(O)c(C(C)(C)C)c1)[N+](=O)[O-]. The van der Waals surface area contributed by atoms with E-state index in [9.17, 15) is 25.1 Å². The number of hydrogen-bond donors (Lipinski definition) is 2. The van der Waals surface area contributed by atoms with Crippen molar-refractivity contribution in [2.75, 3.05) is 6.61 Å². The molecule has 7 heteroatoms. The molecule has 0 aliphatic heterocycles. The van der Waals surface area contributed by atoms with Crippen LogP contribution in [0.25, 0.3) is 0 Å². The van der Waals surface area contributed by atoms with Crippen LogP contribution < -0.4 is 0 Å². The van der Waals surface area contributed by atoms with Crippen molar-refractivity contribution in [1.82, 2.24) is 0 Å². The summed E-state index contributed by atoms with van der Waals surface area (Å²) in [4.78, 5) is 25.4. The Bertz CT molecular complexity index is 1110. The van der Waals surface area contributed by atoms with Crippen LogP contribution in [0.4, 0.5) is 0 Å². The van der Waals surface area contributed by atoms with Gasteiger partial charge in [0.05, 0.1) is 12.5 Å². The monoisotopic (exact) mass is 555 g/mol. The zero-order chi connectivity index (χ0) is 31.2. The number of nitro groups is 1. The van der Waals surface area contributed by atoms with Crippen molar-refractivity contribution in [3.05, 3.63) is 67.8 Å². The zero-order valence-electron chi connectivity index (χ0n) is 26.6. The third-order valence-corrected chi connectivity index (χ3v) is 7.29. The number of carbonyl (C=O) groups excluding carboxylic acids is 1. The largest absolute Gasteiger partial charge is 0.507 e. The summed E-state index contributed by atoms with van der Waals surface area (Å²) in [6.45, 7) is 25.3. The highest BCUT2D eigenvalue weighted by Gasteiger charge is 2.44. The molecule has 7 nitrogen and oxygen atoms in total. The number of ether oxygens (including phenoxy) is 1. The van der Waals surface area contributed by atoms with Crippen LogP contribution in [0.2, 0.25) is 0 Å². The Kier molecular flexibility index (Phi) is 9.16. The summed E-state index contributed by atoms with van der Waals surface area (Å²) in [5.74, 6) is -1.68. The van der Waals surface area contributed by atoms with E-state index in [4.69, 9.17) is 4.74 Å². The second kappa shape index (κ2) is 11.1. The van der Waals surface area contributed by atoms with Gasteiger partial charge in [-0.2, -0.15) is 0 Å². The summed E-state index contributed by atoms with van der Waals surface area (Å²) in [6.07, 6.45) is 0. The number of rotatable bonds is 6. The Labute approximate surface area is 240 Å². The fourth-order valence-electron chi connectivity index (χ4n) is 5.09. The molecule has 0 radical (unpaired) electrons. The maximum Gasteiger partial charge on any atom is 0.382 e. The van der Waals surface area contributed by atoms with Gasteiger partial charge in [0.25, 0.3) is 0 Å². The molecule has 2 aromatic carbocycles. The van der Waals surface area contributed by atoms with E-state index in [-0.39, 0.29) is 18.1 Å². The lowest BCUT2D eigenvalue weighted by atomic mass is 9.72. The molecular weight excluding hydrogens is 506 g/mol. The first-order valence-corrected chi connectivity index (χ1v) is 14.0. The molecule has 0 aromatic heterocycles. The topological polar surface area (TPSA) is 110 Å². The van der Waals surface area contributed by atoms with Gasteiger partial charge in [0.15, 0.2) is 0 Å². The van der Waals surface area contributed by atoms with E-state index in [1.165, 1.54) is 0 Å². The molecule has 0 aliphatic rings. The van der Waals surface area contributed by atoms with Gasteiger partial charge in [-0.15, -0.1) is 0 Å². The van der Waals surface area contributed by atoms with Gasteiger partial charge in [-0.05, 0) is 62.0 Å². The Balaban J connectivity index is 3.20. The van der Waals surface area contributed by atoms with E-state index < -0.39 is 44.5 Å². The van der Waals surface area contributed by atoms with Crippen LogP contribution in [0, 0.1) is 10.1 Å². The van der Waals surface area contributed by atoms with Crippen molar-refractivity contribution >= 4 is 5.97 Å². The van der Waals surface area contributed by atoms with E-state index in [1.807, 2.05) is 83.1 Å². The number of nitrogens with zero attached hydrogens (tertiary/aromatic N) is 1. The molecule has 0 saturated carbocycles. The molecule has 2 rings (SSSR count). The second-order valence-corrected chi connectivity index (χ2v) is 14.9. The lowest BCUT2D eigenvalue weighted by molar-refractivity contribution is -0.513. The molecule has 0 amide bonds. The lowest BCUT2D eigenvalue weighted by Crippen LogP contribution is -2.38. The van der Waals surface area contributed by atoms with Crippen LogP contribution in [-0.2, 0) is 31.2 Å². The molecular formula is C33H49NO6. The molecule has 0 aliphatic carbocycles. The van der Waals surface area contributed by atoms with Crippen LogP contribution >= 0.6 is 0 Å². The molecule has 222 valence electrons. The van der Waals surface area contributed by atoms with Gasteiger partial charge in [-0.25, -0.2) is 4.79 Å². The van der Waals surface area contributed by atoms with E-state index in [2.05, 4.69) is 0 Å². The number of hydrogen-bond acceptors (Lipinski definition) is 6. The molecule has 2 aromatic rings. The highest BCUT2D eigenvalue weighted by molar-refractivity contribution is 5.77. The van der Waals surface area contributed by atoms with Crippen LogP contribution in [-0.4, -0.2) is 33.8 Å². The Hall–Kier alpha value is -3.09. The number of esters is 1. The molecule has 0 bridgehead atoms. The summed E-state index contributed by atoms with van der Waals surface area (Å²) in [5, 5.41) is 35.4. The zero-order valence-corrected chi connectivity index (χ0v) is 26.6. The predicted molar refractivity (Wildman–Crippen MR) is 160 cm³/mol. The van der Waals surface area contributed by atoms with Crippen molar-refractivity contribution in [3.8, 4) is 11.5 Å². The minimum Gasteiger partial charge on any atom is -0.507 e. The van der Waals surface area contributed by atoms with E-state index in [0.717, 1.165) is 0 Å². The molecule has 2 N–H and O–H groups in total. The van der Waals surface area contributed by atoms with Crippen molar-refractivity contribution in [2.24, 2.45) is 0 Å². The van der Waals surface area contributed by atoms with E-state index in [0.29, 0.717) is 33.4 Å². The van der Waals surface area contributed by atoms with Crippen molar-refractivity contribution < 1.29 is 24.7 Å². The molecule has 1 atom stereocenters. The van der Waals surface area contributed by atoms with Gasteiger partial charge >= 0.3 is 12.0 Å².